The SMILES string of the molecule is O=C(O)CCC(=O)NCc1cccc(-c2cccc([C@H]3O[C@@H](CN4CCCCCCC4)C[C@@H](c4ccc(CO)cc4)O3)c2)c1. The number of nitrogens with one attached hydrogen (secondary N) is 1. The number of ether oxygens (including phenoxy) is 2. The molecule has 5 rings (SSSR count). The molecule has 2 fully saturated rings. The highest BCUT2D eigenvalue weighted by molar-refractivity contribution is 5.80. The third-order valence-corrected chi connectivity index (χ3v) is 8.50. The lowest BCUT2D eigenvalue weighted by Crippen LogP contribution is -2.40. The zero-order valence-corrected chi connectivity index (χ0v) is 25.3. The molecule has 0 spiro atoms. The van der Waals surface area contributed by atoms with Gasteiger partial charge in [-0.3, -0.25) is 9.59 Å². The summed E-state index contributed by atoms with van der Waals surface area (Å²) in [5, 5.41) is 21.2. The summed E-state index contributed by atoms with van der Waals surface area (Å²) in [6, 6.07) is 24.2. The number of hydrogen-bond acceptors (Lipinski definition) is 6. The molecule has 2 aliphatic rings. The van der Waals surface area contributed by atoms with E-state index in [0.717, 1.165) is 59.4 Å². The number of likely N-dealkylation sites (tertiary alicyclic amines) is 1. The number of carbonyl (C=O) groups excluding carboxylic acids is 1. The van der Waals surface area contributed by atoms with Crippen molar-refractivity contribution in [2.24, 2.45) is 0 Å². The summed E-state index contributed by atoms with van der Waals surface area (Å²) in [5.74, 6) is -1.26. The van der Waals surface area contributed by atoms with E-state index in [1.165, 1.54) is 32.1 Å². The van der Waals surface area contributed by atoms with E-state index < -0.39 is 12.3 Å². The molecule has 0 saturated carbocycles. The molecular weight excluding hydrogens is 556 g/mol. The predicted octanol–water partition coefficient (Wildman–Crippen LogP) is 6.14. The third kappa shape index (κ3) is 9.22. The minimum Gasteiger partial charge on any atom is -0.481 e. The highest BCUT2D eigenvalue weighted by Gasteiger charge is 2.33. The van der Waals surface area contributed by atoms with Crippen molar-refractivity contribution in [3.63, 3.8) is 0 Å². The van der Waals surface area contributed by atoms with Gasteiger partial charge in [-0.05, 0) is 65.9 Å². The number of rotatable bonds is 11. The normalized spacial score (nSPS) is 21.2. The Kier molecular flexibility index (Phi) is 11.5. The molecule has 2 heterocycles. The van der Waals surface area contributed by atoms with Gasteiger partial charge in [-0.15, -0.1) is 0 Å². The zero-order chi connectivity index (χ0) is 30.7. The summed E-state index contributed by atoms with van der Waals surface area (Å²) >= 11 is 0. The van der Waals surface area contributed by atoms with Crippen molar-refractivity contribution in [3.05, 3.63) is 95.1 Å². The van der Waals surface area contributed by atoms with E-state index in [9.17, 15) is 14.7 Å². The monoisotopic (exact) mass is 600 g/mol. The number of hydrogen-bond donors (Lipinski definition) is 3. The lowest BCUT2D eigenvalue weighted by atomic mass is 9.98. The van der Waals surface area contributed by atoms with Crippen LogP contribution in [0.4, 0.5) is 0 Å². The molecule has 44 heavy (non-hydrogen) atoms. The number of aliphatic hydroxyl groups excluding tert-OH is 1. The van der Waals surface area contributed by atoms with Crippen LogP contribution >= 0.6 is 0 Å². The standard InChI is InChI=1S/C36H44N2O6/c39-25-26-12-14-28(15-13-26)33-22-32(24-38-18-4-2-1-3-5-19-38)43-36(44-33)31-11-7-10-30(21-31)29-9-6-8-27(20-29)23-37-34(40)16-17-35(41)42/h6-15,20-21,32-33,36,39H,1-5,16-19,22-25H2,(H,37,40)(H,41,42)/t32-,33+,36+/m1/s1. The Morgan fingerprint density at radius 2 is 1.50 bits per heavy atom. The molecular formula is C36H44N2O6. The Morgan fingerprint density at radius 3 is 2.23 bits per heavy atom. The molecule has 2 aliphatic heterocycles. The largest absolute Gasteiger partial charge is 0.481 e. The van der Waals surface area contributed by atoms with Crippen molar-refractivity contribution in [2.75, 3.05) is 19.6 Å². The molecule has 0 unspecified atom stereocenters. The van der Waals surface area contributed by atoms with E-state index in [0.29, 0.717) is 6.54 Å². The molecule has 3 atom stereocenters. The van der Waals surface area contributed by atoms with Crippen LogP contribution in [0.15, 0.2) is 72.8 Å². The molecule has 8 nitrogen and oxygen atoms in total. The van der Waals surface area contributed by atoms with E-state index in [1.54, 1.807) is 0 Å². The maximum atomic E-state index is 12.0. The van der Waals surface area contributed by atoms with Crippen LogP contribution in [-0.4, -0.2) is 52.7 Å². The summed E-state index contributed by atoms with van der Waals surface area (Å²) in [6.07, 6.45) is 6.28. The fourth-order valence-corrected chi connectivity index (χ4v) is 6.05. The highest BCUT2D eigenvalue weighted by Crippen LogP contribution is 2.39. The molecule has 0 aromatic heterocycles. The van der Waals surface area contributed by atoms with Gasteiger partial charge in [0.2, 0.25) is 5.91 Å². The minimum atomic E-state index is -0.984. The van der Waals surface area contributed by atoms with Gasteiger partial charge in [0.25, 0.3) is 0 Å². The first-order valence-corrected chi connectivity index (χ1v) is 15.9. The van der Waals surface area contributed by atoms with Crippen molar-refractivity contribution in [2.45, 2.75) is 83.0 Å². The maximum Gasteiger partial charge on any atom is 0.303 e. The van der Waals surface area contributed by atoms with Crippen LogP contribution in [0.25, 0.3) is 11.1 Å². The Hall–Kier alpha value is -3.56. The van der Waals surface area contributed by atoms with E-state index in [1.807, 2.05) is 60.7 Å². The second-order valence-electron chi connectivity index (χ2n) is 11.9. The number of amides is 1. The van der Waals surface area contributed by atoms with Gasteiger partial charge in [-0.25, -0.2) is 0 Å². The fourth-order valence-electron chi connectivity index (χ4n) is 6.05. The average molecular weight is 601 g/mol. The quantitative estimate of drug-likeness (QED) is 0.243. The summed E-state index contributed by atoms with van der Waals surface area (Å²) in [4.78, 5) is 25.3. The highest BCUT2D eigenvalue weighted by atomic mass is 16.7. The number of carboxylic acids is 1. The molecule has 234 valence electrons. The summed E-state index contributed by atoms with van der Waals surface area (Å²) < 4.78 is 13.3. The van der Waals surface area contributed by atoms with Crippen LogP contribution in [0.2, 0.25) is 0 Å². The average Bonchev–Trinajstić information content (AvgIpc) is 3.04. The number of benzene rings is 3. The summed E-state index contributed by atoms with van der Waals surface area (Å²) in [6.45, 7) is 3.43. The molecule has 0 aliphatic carbocycles. The first-order valence-electron chi connectivity index (χ1n) is 15.9. The van der Waals surface area contributed by atoms with Crippen molar-refractivity contribution in [1.82, 2.24) is 10.2 Å². The molecule has 8 heteroatoms. The van der Waals surface area contributed by atoms with Gasteiger partial charge in [-0.2, -0.15) is 0 Å². The summed E-state index contributed by atoms with van der Waals surface area (Å²) in [7, 11) is 0. The molecule has 1 amide bonds. The van der Waals surface area contributed by atoms with Gasteiger partial charge in [-0.1, -0.05) is 79.9 Å². The number of carboxylic acid groups (broad SMARTS) is 1. The predicted molar refractivity (Wildman–Crippen MR) is 169 cm³/mol. The van der Waals surface area contributed by atoms with E-state index in [-0.39, 0.29) is 37.6 Å². The molecule has 3 aromatic rings. The van der Waals surface area contributed by atoms with Gasteiger partial charge in [0.05, 0.1) is 25.2 Å². The number of carbonyl (C=O) groups is 2. The molecule has 0 radical (unpaired) electrons. The number of aliphatic carboxylic acids is 1. The maximum absolute atomic E-state index is 12.0. The lowest BCUT2D eigenvalue weighted by molar-refractivity contribution is -0.253. The van der Waals surface area contributed by atoms with E-state index >= 15 is 0 Å². The van der Waals surface area contributed by atoms with E-state index in [2.05, 4.69) is 22.3 Å². The van der Waals surface area contributed by atoms with Gasteiger partial charge >= 0.3 is 5.97 Å². The second-order valence-corrected chi connectivity index (χ2v) is 11.9. The smallest absolute Gasteiger partial charge is 0.303 e. The Bertz CT molecular complexity index is 1370. The van der Waals surface area contributed by atoms with Crippen LogP contribution in [0.1, 0.15) is 86.0 Å². The molecule has 2 saturated heterocycles. The minimum absolute atomic E-state index is 0.0141. The number of aliphatic hydroxyl groups is 1. The Labute approximate surface area is 260 Å². The van der Waals surface area contributed by atoms with Gasteiger partial charge in [0.15, 0.2) is 6.29 Å². The van der Waals surface area contributed by atoms with Crippen molar-refractivity contribution in [3.8, 4) is 11.1 Å². The van der Waals surface area contributed by atoms with Crippen molar-refractivity contribution >= 4 is 11.9 Å². The summed E-state index contributed by atoms with van der Waals surface area (Å²) in [5.41, 5.74) is 5.87. The lowest BCUT2D eigenvalue weighted by Gasteiger charge is -2.39. The molecule has 3 aromatic carbocycles. The first kappa shape index (κ1) is 31.9. The van der Waals surface area contributed by atoms with Crippen LogP contribution in [0.3, 0.4) is 0 Å². The van der Waals surface area contributed by atoms with Crippen molar-refractivity contribution < 1.29 is 29.3 Å². The molecule has 3 N–H and O–H groups in total. The van der Waals surface area contributed by atoms with Crippen LogP contribution in [0, 0.1) is 0 Å². The van der Waals surface area contributed by atoms with Gasteiger partial charge < -0.3 is 29.9 Å². The molecule has 0 bridgehead atoms. The first-order chi connectivity index (χ1) is 21.5. The van der Waals surface area contributed by atoms with Crippen molar-refractivity contribution in [1.29, 1.82) is 0 Å². The van der Waals surface area contributed by atoms with Gasteiger partial charge in [0, 0.05) is 31.5 Å². The van der Waals surface area contributed by atoms with E-state index in [4.69, 9.17) is 14.6 Å². The Morgan fingerprint density at radius 1 is 0.795 bits per heavy atom. The van der Waals surface area contributed by atoms with Crippen LogP contribution < -0.4 is 5.32 Å². The zero-order valence-electron chi connectivity index (χ0n) is 25.3. The number of nitrogens with zero attached hydrogens (tertiary/aromatic N) is 1. The van der Waals surface area contributed by atoms with Crippen LogP contribution in [-0.2, 0) is 32.2 Å². The topological polar surface area (TPSA) is 108 Å². The second kappa shape index (κ2) is 16.0. The van der Waals surface area contributed by atoms with Crippen LogP contribution in [0.5, 0.6) is 0 Å². The fraction of sp³-hybridized carbons (Fsp3) is 0.444. The Balaban J connectivity index is 1.32. The van der Waals surface area contributed by atoms with Gasteiger partial charge in [0.1, 0.15) is 0 Å². The third-order valence-electron chi connectivity index (χ3n) is 8.50.